The molecule has 0 aliphatic carbocycles. The number of aromatic nitrogens is 1. The predicted octanol–water partition coefficient (Wildman–Crippen LogP) is 3.99. The van der Waals surface area contributed by atoms with E-state index in [1.54, 1.807) is 18.3 Å². The maximum absolute atomic E-state index is 13.5. The molecule has 1 heterocycles. The third-order valence-electron chi connectivity index (χ3n) is 3.78. The molecule has 0 saturated carbocycles. The summed E-state index contributed by atoms with van der Waals surface area (Å²) in [6, 6.07) is 7.81. The summed E-state index contributed by atoms with van der Waals surface area (Å²) in [5.74, 6) is -0.618. The van der Waals surface area contributed by atoms with Crippen molar-refractivity contribution in [3.05, 3.63) is 65.5 Å². The molecule has 1 aromatic heterocycles. The lowest BCUT2D eigenvalue weighted by Gasteiger charge is -2.36. The van der Waals surface area contributed by atoms with Crippen LogP contribution in [0.4, 0.5) is 8.78 Å². The Morgan fingerprint density at radius 1 is 1.10 bits per heavy atom. The van der Waals surface area contributed by atoms with Gasteiger partial charge in [-0.05, 0) is 35.9 Å². The van der Waals surface area contributed by atoms with Crippen molar-refractivity contribution in [1.29, 1.82) is 0 Å². The largest absolute Gasteiger partial charge is 0.309 e. The molecule has 1 atom stereocenters. The fourth-order valence-electron chi connectivity index (χ4n) is 2.63. The molecule has 0 spiro atoms. The molecule has 21 heavy (non-hydrogen) atoms. The smallest absolute Gasteiger partial charge is 0.141 e. The molecule has 0 saturated heterocycles. The monoisotopic (exact) mass is 290 g/mol. The quantitative estimate of drug-likeness (QED) is 0.900. The number of hydrogen-bond acceptors (Lipinski definition) is 2. The lowest BCUT2D eigenvalue weighted by molar-refractivity contribution is 0.351. The number of nitrogens with one attached hydrogen (secondary N) is 1. The van der Waals surface area contributed by atoms with Gasteiger partial charge in [0, 0.05) is 17.7 Å². The molecular weight excluding hydrogens is 270 g/mol. The molecule has 0 radical (unpaired) electrons. The van der Waals surface area contributed by atoms with Gasteiger partial charge in [0.2, 0.25) is 0 Å². The number of pyridine rings is 1. The number of likely N-dealkylation sites (N-methyl/N-ethyl adjacent to an activating group) is 1. The lowest BCUT2D eigenvalue weighted by atomic mass is 9.75. The summed E-state index contributed by atoms with van der Waals surface area (Å²) in [5, 5.41) is 3.38. The molecule has 1 N–H and O–H groups in total. The maximum atomic E-state index is 13.5. The van der Waals surface area contributed by atoms with E-state index in [4.69, 9.17) is 0 Å². The zero-order chi connectivity index (χ0) is 15.5. The highest BCUT2D eigenvalue weighted by Gasteiger charge is 2.32. The minimum absolute atomic E-state index is 0.115. The molecule has 0 aliphatic heterocycles. The minimum atomic E-state index is -0.356. The molecule has 1 aromatic carbocycles. The van der Waals surface area contributed by atoms with Gasteiger partial charge in [-0.2, -0.15) is 0 Å². The molecule has 0 bridgehead atoms. The summed E-state index contributed by atoms with van der Waals surface area (Å²) < 4.78 is 26.6. The van der Waals surface area contributed by atoms with Gasteiger partial charge in [0.15, 0.2) is 0 Å². The number of benzene rings is 1. The van der Waals surface area contributed by atoms with Crippen molar-refractivity contribution in [1.82, 2.24) is 10.3 Å². The molecule has 112 valence electrons. The summed E-state index contributed by atoms with van der Waals surface area (Å²) in [6.07, 6.45) is 2.86. The van der Waals surface area contributed by atoms with Crippen molar-refractivity contribution in [3.63, 3.8) is 0 Å². The van der Waals surface area contributed by atoms with E-state index in [1.165, 1.54) is 24.4 Å². The maximum Gasteiger partial charge on any atom is 0.141 e. The summed E-state index contributed by atoms with van der Waals surface area (Å²) in [6.45, 7) is 6.85. The van der Waals surface area contributed by atoms with E-state index in [9.17, 15) is 8.78 Å². The second-order valence-electron chi connectivity index (χ2n) is 5.66. The highest BCUT2D eigenvalue weighted by atomic mass is 19.1. The molecular formula is C17H20F2N2. The van der Waals surface area contributed by atoms with Gasteiger partial charge in [0.1, 0.15) is 11.6 Å². The third kappa shape index (κ3) is 3.45. The van der Waals surface area contributed by atoms with Crippen LogP contribution in [0.25, 0.3) is 0 Å². The zero-order valence-corrected chi connectivity index (χ0v) is 12.5. The van der Waals surface area contributed by atoms with E-state index in [-0.39, 0.29) is 23.1 Å². The van der Waals surface area contributed by atoms with E-state index < -0.39 is 0 Å². The van der Waals surface area contributed by atoms with Crippen molar-refractivity contribution in [2.24, 2.45) is 0 Å². The molecule has 4 heteroatoms. The number of rotatable bonds is 5. The standard InChI is InChI=1S/C17H20F2N2/c1-4-21-16(12-9-15(19)11-20-10-12)17(2,3)13-5-7-14(18)8-6-13/h5-11,16,21H,4H2,1-3H3. The van der Waals surface area contributed by atoms with Crippen molar-refractivity contribution in [3.8, 4) is 0 Å². The Morgan fingerprint density at radius 2 is 1.76 bits per heavy atom. The van der Waals surface area contributed by atoms with E-state index in [0.717, 1.165) is 17.7 Å². The summed E-state index contributed by atoms with van der Waals surface area (Å²) >= 11 is 0. The molecule has 0 aliphatic rings. The Labute approximate surface area is 124 Å². The Hall–Kier alpha value is -1.81. The first-order valence-corrected chi connectivity index (χ1v) is 7.05. The molecule has 0 fully saturated rings. The van der Waals surface area contributed by atoms with Gasteiger partial charge in [-0.3, -0.25) is 4.98 Å². The Balaban J connectivity index is 2.42. The second-order valence-corrected chi connectivity index (χ2v) is 5.66. The first-order chi connectivity index (χ1) is 9.95. The van der Waals surface area contributed by atoms with Crippen molar-refractivity contribution >= 4 is 0 Å². The van der Waals surface area contributed by atoms with Crippen molar-refractivity contribution in [2.75, 3.05) is 6.54 Å². The van der Waals surface area contributed by atoms with E-state index in [2.05, 4.69) is 24.1 Å². The highest BCUT2D eigenvalue weighted by Crippen LogP contribution is 2.36. The van der Waals surface area contributed by atoms with E-state index >= 15 is 0 Å². The highest BCUT2D eigenvalue weighted by molar-refractivity contribution is 5.31. The van der Waals surface area contributed by atoms with Gasteiger partial charge in [-0.25, -0.2) is 8.78 Å². The van der Waals surface area contributed by atoms with Gasteiger partial charge >= 0.3 is 0 Å². The first-order valence-electron chi connectivity index (χ1n) is 7.05. The van der Waals surface area contributed by atoms with Gasteiger partial charge in [0.05, 0.1) is 6.20 Å². The predicted molar refractivity (Wildman–Crippen MR) is 80.0 cm³/mol. The fourth-order valence-corrected chi connectivity index (χ4v) is 2.63. The number of nitrogens with zero attached hydrogens (tertiary/aromatic N) is 1. The molecule has 2 aromatic rings. The van der Waals surface area contributed by atoms with Gasteiger partial charge in [0.25, 0.3) is 0 Å². The normalized spacial score (nSPS) is 13.2. The molecule has 0 amide bonds. The van der Waals surface area contributed by atoms with Gasteiger partial charge < -0.3 is 5.32 Å². The first kappa shape index (κ1) is 15.6. The third-order valence-corrected chi connectivity index (χ3v) is 3.78. The van der Waals surface area contributed by atoms with Gasteiger partial charge in [-0.15, -0.1) is 0 Å². The van der Waals surface area contributed by atoms with Crippen LogP contribution >= 0.6 is 0 Å². The van der Waals surface area contributed by atoms with Crippen LogP contribution in [0.1, 0.15) is 37.9 Å². The Kier molecular flexibility index (Phi) is 4.68. The van der Waals surface area contributed by atoms with Crippen molar-refractivity contribution in [2.45, 2.75) is 32.2 Å². The van der Waals surface area contributed by atoms with Gasteiger partial charge in [-0.1, -0.05) is 32.9 Å². The fraction of sp³-hybridized carbons (Fsp3) is 0.353. The van der Waals surface area contributed by atoms with Crippen LogP contribution in [0.15, 0.2) is 42.7 Å². The number of halogens is 2. The SMILES string of the molecule is CCNC(c1cncc(F)c1)C(C)(C)c1ccc(F)cc1. The molecule has 1 unspecified atom stereocenters. The average molecular weight is 290 g/mol. The molecule has 2 nitrogen and oxygen atoms in total. The summed E-state index contributed by atoms with van der Waals surface area (Å²) in [7, 11) is 0. The van der Waals surface area contributed by atoms with E-state index in [1.807, 2.05) is 6.92 Å². The second kappa shape index (κ2) is 6.31. The Bertz CT molecular complexity index is 594. The Morgan fingerprint density at radius 3 is 2.33 bits per heavy atom. The van der Waals surface area contributed by atoms with Crippen LogP contribution < -0.4 is 5.32 Å². The van der Waals surface area contributed by atoms with Crippen molar-refractivity contribution < 1.29 is 8.78 Å². The van der Waals surface area contributed by atoms with E-state index in [0.29, 0.717) is 0 Å². The minimum Gasteiger partial charge on any atom is -0.309 e. The topological polar surface area (TPSA) is 24.9 Å². The zero-order valence-electron chi connectivity index (χ0n) is 12.5. The summed E-state index contributed by atoms with van der Waals surface area (Å²) in [4.78, 5) is 3.93. The van der Waals surface area contributed by atoms with Crippen LogP contribution in [-0.4, -0.2) is 11.5 Å². The average Bonchev–Trinajstić information content (AvgIpc) is 2.45. The van der Waals surface area contributed by atoms with Crippen LogP contribution in [0.3, 0.4) is 0 Å². The van der Waals surface area contributed by atoms with Crippen LogP contribution in [0.2, 0.25) is 0 Å². The lowest BCUT2D eigenvalue weighted by Crippen LogP contribution is -2.37. The van der Waals surface area contributed by atoms with Crippen LogP contribution in [-0.2, 0) is 5.41 Å². The van der Waals surface area contributed by atoms with Crippen LogP contribution in [0.5, 0.6) is 0 Å². The molecule has 2 rings (SSSR count). The number of hydrogen-bond donors (Lipinski definition) is 1. The summed E-state index contributed by atoms with van der Waals surface area (Å²) in [5.41, 5.74) is 1.43. The van der Waals surface area contributed by atoms with Crippen LogP contribution in [0, 0.1) is 11.6 Å².